The lowest BCUT2D eigenvalue weighted by Crippen LogP contribution is -2.13. The average Bonchev–Trinajstić information content (AvgIpc) is 2.73. The summed E-state index contributed by atoms with van der Waals surface area (Å²) in [6.45, 7) is 1.88. The molecule has 0 aliphatic heterocycles. The number of carbonyl (C=O) groups is 1. The zero-order valence-corrected chi connectivity index (χ0v) is 15.4. The third kappa shape index (κ3) is 3.50. The van der Waals surface area contributed by atoms with Gasteiger partial charge in [0.15, 0.2) is 6.29 Å². The van der Waals surface area contributed by atoms with E-state index in [1.807, 2.05) is 67.4 Å². The molecule has 0 bridgehead atoms. The second-order valence-electron chi connectivity index (χ2n) is 6.19. The third-order valence-corrected chi connectivity index (χ3v) is 4.21. The van der Waals surface area contributed by atoms with E-state index < -0.39 is 0 Å². The van der Waals surface area contributed by atoms with Crippen LogP contribution >= 0.6 is 0 Å². The molecule has 2 aromatic heterocycles. The second-order valence-corrected chi connectivity index (χ2v) is 6.19. The first-order valence-electron chi connectivity index (χ1n) is 8.66. The zero-order chi connectivity index (χ0) is 19.5. The van der Waals surface area contributed by atoms with Gasteiger partial charge in [-0.3, -0.25) is 4.79 Å². The van der Waals surface area contributed by atoms with E-state index in [0.717, 1.165) is 22.4 Å². The number of anilines is 2. The molecule has 0 spiro atoms. The Bertz CT molecular complexity index is 1150. The molecule has 0 unspecified atom stereocenters. The van der Waals surface area contributed by atoms with Crippen molar-refractivity contribution in [2.45, 2.75) is 6.92 Å². The average molecular weight is 371 g/mol. The molecule has 0 N–H and O–H groups in total. The number of hydrogen-bond acceptors (Lipinski definition) is 7. The summed E-state index contributed by atoms with van der Waals surface area (Å²) in [7, 11) is 1.95. The van der Waals surface area contributed by atoms with Gasteiger partial charge in [0.05, 0.1) is 11.1 Å². The van der Waals surface area contributed by atoms with Gasteiger partial charge in [-0.15, -0.1) is 0 Å². The van der Waals surface area contributed by atoms with Crippen LogP contribution in [0.3, 0.4) is 0 Å². The third-order valence-electron chi connectivity index (χ3n) is 4.21. The normalized spacial score (nSPS) is 10.6. The molecule has 7 heteroatoms. The summed E-state index contributed by atoms with van der Waals surface area (Å²) in [6.07, 6.45) is 3.52. The zero-order valence-electron chi connectivity index (χ0n) is 15.4. The first kappa shape index (κ1) is 17.5. The molecule has 0 aliphatic carbocycles. The Balaban J connectivity index is 1.66. The van der Waals surface area contributed by atoms with Crippen LogP contribution in [0.2, 0.25) is 0 Å². The Morgan fingerprint density at radius 2 is 1.79 bits per heavy atom. The molecule has 0 saturated heterocycles. The SMILES string of the molecule is Cc1nc(N(C)c2cccc(Oc3ncc(C=O)cn3)c2)c2ccccc2n1. The van der Waals surface area contributed by atoms with Gasteiger partial charge in [0.1, 0.15) is 17.4 Å². The van der Waals surface area contributed by atoms with E-state index in [-0.39, 0.29) is 6.01 Å². The van der Waals surface area contributed by atoms with E-state index in [1.54, 1.807) is 0 Å². The van der Waals surface area contributed by atoms with Crippen LogP contribution in [-0.2, 0) is 0 Å². The van der Waals surface area contributed by atoms with E-state index >= 15 is 0 Å². The largest absolute Gasteiger partial charge is 0.424 e. The number of benzene rings is 2. The van der Waals surface area contributed by atoms with Crippen molar-refractivity contribution in [1.82, 2.24) is 19.9 Å². The fourth-order valence-electron chi connectivity index (χ4n) is 2.85. The van der Waals surface area contributed by atoms with Gasteiger partial charge in [0.2, 0.25) is 0 Å². The summed E-state index contributed by atoms with van der Waals surface area (Å²) in [5.74, 6) is 2.10. The van der Waals surface area contributed by atoms with Crippen molar-refractivity contribution in [3.05, 3.63) is 72.3 Å². The maximum Gasteiger partial charge on any atom is 0.321 e. The number of para-hydroxylation sites is 1. The maximum atomic E-state index is 10.7. The van der Waals surface area contributed by atoms with E-state index in [4.69, 9.17) is 4.74 Å². The highest BCUT2D eigenvalue weighted by Gasteiger charge is 2.13. The molecule has 28 heavy (non-hydrogen) atoms. The van der Waals surface area contributed by atoms with Gasteiger partial charge in [-0.1, -0.05) is 18.2 Å². The number of carbonyl (C=O) groups excluding carboxylic acids is 1. The summed E-state index contributed by atoms with van der Waals surface area (Å²) >= 11 is 0. The quantitative estimate of drug-likeness (QED) is 0.489. The van der Waals surface area contributed by atoms with Crippen LogP contribution in [0.15, 0.2) is 60.9 Å². The topological polar surface area (TPSA) is 81.1 Å². The summed E-state index contributed by atoms with van der Waals surface area (Å²) in [5, 5.41) is 0.967. The van der Waals surface area contributed by atoms with Crippen LogP contribution < -0.4 is 9.64 Å². The Morgan fingerprint density at radius 3 is 2.57 bits per heavy atom. The molecule has 0 aliphatic rings. The van der Waals surface area contributed by atoms with Crippen LogP contribution in [0, 0.1) is 6.92 Å². The minimum Gasteiger partial charge on any atom is -0.424 e. The molecule has 0 saturated carbocycles. The Kier molecular flexibility index (Phi) is 4.63. The van der Waals surface area contributed by atoms with Crippen LogP contribution in [-0.4, -0.2) is 33.3 Å². The number of rotatable bonds is 5. The molecule has 4 aromatic rings. The smallest absolute Gasteiger partial charge is 0.321 e. The fourth-order valence-corrected chi connectivity index (χ4v) is 2.85. The first-order chi connectivity index (χ1) is 13.6. The highest BCUT2D eigenvalue weighted by atomic mass is 16.5. The van der Waals surface area contributed by atoms with Crippen molar-refractivity contribution in [3.8, 4) is 11.8 Å². The molecule has 2 aromatic carbocycles. The number of aldehydes is 1. The van der Waals surface area contributed by atoms with Gasteiger partial charge >= 0.3 is 6.01 Å². The van der Waals surface area contributed by atoms with Crippen molar-refractivity contribution in [3.63, 3.8) is 0 Å². The van der Waals surface area contributed by atoms with Crippen molar-refractivity contribution >= 4 is 28.7 Å². The predicted octanol–water partition coefficient (Wildman–Crippen LogP) is 4.10. The number of aryl methyl sites for hydroxylation is 1. The Labute approximate surface area is 161 Å². The fraction of sp³-hybridized carbons (Fsp3) is 0.0952. The highest BCUT2D eigenvalue weighted by molar-refractivity contribution is 5.91. The highest BCUT2D eigenvalue weighted by Crippen LogP contribution is 2.31. The standard InChI is InChI=1S/C21H17N5O2/c1-14-24-19-9-4-3-8-18(19)20(25-14)26(2)16-6-5-7-17(10-16)28-21-22-11-15(13-27)12-23-21/h3-13H,1-2H3. The molecule has 2 heterocycles. The number of hydrogen-bond donors (Lipinski definition) is 0. The van der Waals surface area contributed by atoms with Crippen molar-refractivity contribution in [2.75, 3.05) is 11.9 Å². The molecule has 4 rings (SSSR count). The lowest BCUT2D eigenvalue weighted by Gasteiger charge is -2.21. The van der Waals surface area contributed by atoms with Gasteiger partial charge in [-0.2, -0.15) is 0 Å². The van der Waals surface area contributed by atoms with Gasteiger partial charge in [0, 0.05) is 36.6 Å². The lowest BCUT2D eigenvalue weighted by molar-refractivity contribution is 0.112. The second kappa shape index (κ2) is 7.40. The lowest BCUT2D eigenvalue weighted by atomic mass is 10.2. The first-order valence-corrected chi connectivity index (χ1v) is 8.66. The van der Waals surface area contributed by atoms with E-state index in [0.29, 0.717) is 23.4 Å². The maximum absolute atomic E-state index is 10.7. The number of aromatic nitrogens is 4. The molecule has 0 radical (unpaired) electrons. The van der Waals surface area contributed by atoms with E-state index in [2.05, 4.69) is 19.9 Å². The van der Waals surface area contributed by atoms with E-state index in [9.17, 15) is 4.79 Å². The monoisotopic (exact) mass is 371 g/mol. The molecule has 138 valence electrons. The van der Waals surface area contributed by atoms with Crippen LogP contribution in [0.25, 0.3) is 10.9 Å². The van der Waals surface area contributed by atoms with E-state index in [1.165, 1.54) is 12.4 Å². The van der Waals surface area contributed by atoms with Crippen LogP contribution in [0.1, 0.15) is 16.2 Å². The molecule has 0 fully saturated rings. The number of ether oxygens (including phenoxy) is 1. The Morgan fingerprint density at radius 1 is 1.00 bits per heavy atom. The molecular formula is C21H17N5O2. The van der Waals surface area contributed by atoms with Crippen molar-refractivity contribution < 1.29 is 9.53 Å². The molecule has 0 amide bonds. The van der Waals surface area contributed by atoms with Gasteiger partial charge in [-0.25, -0.2) is 19.9 Å². The summed E-state index contributed by atoms with van der Waals surface area (Å²) in [6, 6.07) is 15.6. The predicted molar refractivity (Wildman–Crippen MR) is 106 cm³/mol. The summed E-state index contributed by atoms with van der Waals surface area (Å²) in [5.41, 5.74) is 2.19. The van der Waals surface area contributed by atoms with Gasteiger partial charge < -0.3 is 9.64 Å². The van der Waals surface area contributed by atoms with Crippen molar-refractivity contribution in [1.29, 1.82) is 0 Å². The van der Waals surface area contributed by atoms with Crippen LogP contribution in [0.4, 0.5) is 11.5 Å². The number of nitrogens with zero attached hydrogens (tertiary/aromatic N) is 5. The minimum absolute atomic E-state index is 0.175. The van der Waals surface area contributed by atoms with Gasteiger partial charge in [-0.05, 0) is 31.2 Å². The van der Waals surface area contributed by atoms with Crippen molar-refractivity contribution in [2.24, 2.45) is 0 Å². The summed E-state index contributed by atoms with van der Waals surface area (Å²) < 4.78 is 5.72. The van der Waals surface area contributed by atoms with Gasteiger partial charge in [0.25, 0.3) is 0 Å². The molecule has 7 nitrogen and oxygen atoms in total. The van der Waals surface area contributed by atoms with Crippen LogP contribution in [0.5, 0.6) is 11.8 Å². The number of fused-ring (bicyclic) bond motifs is 1. The molecule has 0 atom stereocenters. The summed E-state index contributed by atoms with van der Waals surface area (Å²) in [4.78, 5) is 29.9. The Hall–Kier alpha value is -3.87. The molecular weight excluding hydrogens is 354 g/mol. The minimum atomic E-state index is 0.175.